The minimum Gasteiger partial charge on any atom is -0.370 e. The molecule has 0 aliphatic rings. The van der Waals surface area contributed by atoms with Crippen molar-refractivity contribution in [3.05, 3.63) is 52.8 Å². The summed E-state index contributed by atoms with van der Waals surface area (Å²) in [5.74, 6) is 1.03. The third-order valence-electron chi connectivity index (χ3n) is 4.58. The zero-order valence-corrected chi connectivity index (χ0v) is 15.9. The van der Waals surface area contributed by atoms with Crippen molar-refractivity contribution < 1.29 is 0 Å². The van der Waals surface area contributed by atoms with Gasteiger partial charge >= 0.3 is 0 Å². The highest BCUT2D eigenvalue weighted by molar-refractivity contribution is 5.68. The predicted molar refractivity (Wildman–Crippen MR) is 106 cm³/mol. The summed E-state index contributed by atoms with van der Waals surface area (Å²) in [6, 6.07) is 10.3. The molecule has 136 valence electrons. The Labute approximate surface area is 154 Å². The predicted octanol–water partition coefficient (Wildman–Crippen LogP) is 3.66. The first-order chi connectivity index (χ1) is 12.4. The number of rotatable bonds is 6. The van der Waals surface area contributed by atoms with Gasteiger partial charge in [-0.2, -0.15) is 10.1 Å². The lowest BCUT2D eigenvalue weighted by Crippen LogP contribution is -2.11. The number of anilines is 2. The average molecular weight is 350 g/mol. The lowest BCUT2D eigenvalue weighted by atomic mass is 10.0. The molecule has 3 rings (SSSR count). The Morgan fingerprint density at radius 3 is 2.62 bits per heavy atom. The van der Waals surface area contributed by atoms with Crippen LogP contribution in [0.5, 0.6) is 0 Å². The van der Waals surface area contributed by atoms with Gasteiger partial charge in [0.1, 0.15) is 5.82 Å². The fourth-order valence-electron chi connectivity index (χ4n) is 3.07. The highest BCUT2D eigenvalue weighted by atomic mass is 15.3. The van der Waals surface area contributed by atoms with Crippen molar-refractivity contribution in [1.82, 2.24) is 19.7 Å². The summed E-state index contributed by atoms with van der Waals surface area (Å²) < 4.78 is 2.03. The Morgan fingerprint density at radius 1 is 1.08 bits per heavy atom. The Bertz CT molecular complexity index is 913. The molecule has 0 atom stereocenters. The number of hydrogen-bond acceptors (Lipinski definition) is 5. The maximum absolute atomic E-state index is 5.93. The SMILES string of the molecule is Cc1cc(C)n(CCCNc2cc(-c3cccc(C)c3C)nc(N)n2)n1. The Balaban J connectivity index is 1.68. The molecule has 0 unspecified atom stereocenters. The van der Waals surface area contributed by atoms with E-state index in [-0.39, 0.29) is 5.95 Å². The van der Waals surface area contributed by atoms with E-state index in [1.54, 1.807) is 0 Å². The van der Waals surface area contributed by atoms with Crippen molar-refractivity contribution in [1.29, 1.82) is 0 Å². The van der Waals surface area contributed by atoms with Crippen LogP contribution >= 0.6 is 0 Å². The van der Waals surface area contributed by atoms with E-state index in [0.717, 1.165) is 42.3 Å². The summed E-state index contributed by atoms with van der Waals surface area (Å²) >= 11 is 0. The first-order valence-electron chi connectivity index (χ1n) is 8.90. The number of nitrogens with one attached hydrogen (secondary N) is 1. The molecule has 0 aliphatic carbocycles. The lowest BCUT2D eigenvalue weighted by Gasteiger charge is -2.11. The minimum atomic E-state index is 0.282. The maximum atomic E-state index is 5.93. The van der Waals surface area contributed by atoms with E-state index >= 15 is 0 Å². The van der Waals surface area contributed by atoms with Gasteiger partial charge in [0.2, 0.25) is 5.95 Å². The van der Waals surface area contributed by atoms with Crippen LogP contribution in [0.3, 0.4) is 0 Å². The Morgan fingerprint density at radius 2 is 1.88 bits per heavy atom. The number of benzene rings is 1. The Hall–Kier alpha value is -2.89. The van der Waals surface area contributed by atoms with Crippen molar-refractivity contribution >= 4 is 11.8 Å². The molecule has 0 saturated carbocycles. The zero-order valence-electron chi connectivity index (χ0n) is 15.9. The number of nitrogen functional groups attached to an aromatic ring is 1. The van der Waals surface area contributed by atoms with Crippen LogP contribution in [0.25, 0.3) is 11.3 Å². The standard InChI is InChI=1S/C20H26N6/c1-13-7-5-8-17(16(13)4)18-12-19(24-20(21)23-18)22-9-6-10-26-15(3)11-14(2)25-26/h5,7-8,11-12H,6,9-10H2,1-4H3,(H3,21,22,23,24). The molecule has 3 N–H and O–H groups in total. The summed E-state index contributed by atoms with van der Waals surface area (Å²) in [6.07, 6.45) is 0.949. The van der Waals surface area contributed by atoms with E-state index in [1.807, 2.05) is 23.7 Å². The molecule has 6 nitrogen and oxygen atoms in total. The number of aromatic nitrogens is 4. The second kappa shape index (κ2) is 7.56. The Kier molecular flexibility index (Phi) is 5.21. The van der Waals surface area contributed by atoms with E-state index < -0.39 is 0 Å². The van der Waals surface area contributed by atoms with Gasteiger partial charge in [-0.3, -0.25) is 4.68 Å². The van der Waals surface area contributed by atoms with Crippen molar-refractivity contribution in [2.75, 3.05) is 17.6 Å². The molecule has 0 radical (unpaired) electrons. The van der Waals surface area contributed by atoms with Crippen LogP contribution < -0.4 is 11.1 Å². The van der Waals surface area contributed by atoms with E-state index in [0.29, 0.717) is 0 Å². The van der Waals surface area contributed by atoms with Crippen molar-refractivity contribution in [2.24, 2.45) is 0 Å². The molecule has 0 spiro atoms. The molecule has 6 heteroatoms. The van der Waals surface area contributed by atoms with Crippen molar-refractivity contribution in [3.63, 3.8) is 0 Å². The fourth-order valence-corrected chi connectivity index (χ4v) is 3.07. The van der Waals surface area contributed by atoms with Gasteiger partial charge in [-0.1, -0.05) is 18.2 Å². The van der Waals surface area contributed by atoms with Gasteiger partial charge in [0.05, 0.1) is 11.4 Å². The van der Waals surface area contributed by atoms with Crippen LogP contribution in [0, 0.1) is 27.7 Å². The molecule has 0 saturated heterocycles. The molecule has 0 amide bonds. The second-order valence-electron chi connectivity index (χ2n) is 6.67. The summed E-state index contributed by atoms with van der Waals surface area (Å²) in [6.45, 7) is 9.96. The monoisotopic (exact) mass is 350 g/mol. The summed E-state index contributed by atoms with van der Waals surface area (Å²) in [5.41, 5.74) is 12.5. The summed E-state index contributed by atoms with van der Waals surface area (Å²) in [7, 11) is 0. The van der Waals surface area contributed by atoms with E-state index in [2.05, 4.69) is 59.4 Å². The molecule has 0 bridgehead atoms. The zero-order chi connectivity index (χ0) is 18.7. The fraction of sp³-hybridized carbons (Fsp3) is 0.350. The van der Waals surface area contributed by atoms with Crippen LogP contribution in [0.4, 0.5) is 11.8 Å². The van der Waals surface area contributed by atoms with Crippen LogP contribution in [0.2, 0.25) is 0 Å². The third-order valence-corrected chi connectivity index (χ3v) is 4.58. The van der Waals surface area contributed by atoms with Crippen LogP contribution in [0.1, 0.15) is 28.9 Å². The lowest BCUT2D eigenvalue weighted by molar-refractivity contribution is 0.573. The molecule has 1 aromatic carbocycles. The molecular weight excluding hydrogens is 324 g/mol. The topological polar surface area (TPSA) is 81.7 Å². The number of aryl methyl sites for hydroxylation is 4. The first kappa shape index (κ1) is 17.9. The van der Waals surface area contributed by atoms with Crippen LogP contribution in [-0.4, -0.2) is 26.3 Å². The maximum Gasteiger partial charge on any atom is 0.222 e. The normalized spacial score (nSPS) is 10.9. The second-order valence-corrected chi connectivity index (χ2v) is 6.67. The molecular formula is C20H26N6. The van der Waals surface area contributed by atoms with Gasteiger partial charge in [-0.05, 0) is 51.3 Å². The quantitative estimate of drug-likeness (QED) is 0.663. The average Bonchev–Trinajstić information content (AvgIpc) is 2.91. The van der Waals surface area contributed by atoms with Crippen molar-refractivity contribution in [2.45, 2.75) is 40.7 Å². The number of nitrogens with zero attached hydrogens (tertiary/aromatic N) is 4. The van der Waals surface area contributed by atoms with Gasteiger partial charge < -0.3 is 11.1 Å². The number of nitrogens with two attached hydrogens (primary N) is 1. The van der Waals surface area contributed by atoms with Crippen LogP contribution in [-0.2, 0) is 6.54 Å². The molecule has 2 aromatic heterocycles. The van der Waals surface area contributed by atoms with E-state index in [1.165, 1.54) is 16.8 Å². The molecule has 26 heavy (non-hydrogen) atoms. The third kappa shape index (κ3) is 4.02. The molecule has 2 heterocycles. The smallest absolute Gasteiger partial charge is 0.222 e. The van der Waals surface area contributed by atoms with Gasteiger partial charge in [0.25, 0.3) is 0 Å². The largest absolute Gasteiger partial charge is 0.370 e. The first-order valence-corrected chi connectivity index (χ1v) is 8.90. The van der Waals surface area contributed by atoms with Crippen LogP contribution in [0.15, 0.2) is 30.3 Å². The van der Waals surface area contributed by atoms with Gasteiger partial charge in [-0.25, -0.2) is 4.98 Å². The highest BCUT2D eigenvalue weighted by Crippen LogP contribution is 2.26. The summed E-state index contributed by atoms with van der Waals surface area (Å²) in [5, 5.41) is 7.84. The molecule has 0 fully saturated rings. The minimum absolute atomic E-state index is 0.282. The highest BCUT2D eigenvalue weighted by Gasteiger charge is 2.09. The number of hydrogen-bond donors (Lipinski definition) is 2. The van der Waals surface area contributed by atoms with Gasteiger partial charge in [-0.15, -0.1) is 0 Å². The van der Waals surface area contributed by atoms with Crippen molar-refractivity contribution in [3.8, 4) is 11.3 Å². The van der Waals surface area contributed by atoms with E-state index in [9.17, 15) is 0 Å². The summed E-state index contributed by atoms with van der Waals surface area (Å²) in [4.78, 5) is 8.72. The molecule has 0 aliphatic heterocycles. The van der Waals surface area contributed by atoms with E-state index in [4.69, 9.17) is 5.73 Å². The van der Waals surface area contributed by atoms with Gasteiger partial charge in [0.15, 0.2) is 0 Å². The van der Waals surface area contributed by atoms with Gasteiger partial charge in [0, 0.05) is 30.4 Å². The molecule has 3 aromatic rings.